The van der Waals surface area contributed by atoms with Crippen molar-refractivity contribution in [1.29, 1.82) is 0 Å². The van der Waals surface area contributed by atoms with E-state index in [0.29, 0.717) is 19.8 Å². The second kappa shape index (κ2) is 96.3. The van der Waals surface area contributed by atoms with Gasteiger partial charge in [-0.05, 0) is 46.0 Å². The third-order valence-electron chi connectivity index (χ3n) is 16.9. The van der Waals surface area contributed by atoms with Gasteiger partial charge >= 0.3 is 11.9 Å². The lowest BCUT2D eigenvalue weighted by molar-refractivity contribution is -0.150. The Hall–Kier alpha value is -1.76. The molecule has 0 bridgehead atoms. The molecule has 6 nitrogen and oxygen atoms in total. The molecule has 3 N–H and O–H groups in total. The van der Waals surface area contributed by atoms with Crippen molar-refractivity contribution in [3.8, 4) is 0 Å². The Morgan fingerprint density at radius 2 is 0.409 bits per heavy atom. The lowest BCUT2D eigenvalue weighted by Crippen LogP contribution is -1.96. The van der Waals surface area contributed by atoms with E-state index >= 15 is 0 Å². The van der Waals surface area contributed by atoms with Gasteiger partial charge in [-0.1, -0.05) is 425 Å². The summed E-state index contributed by atoms with van der Waals surface area (Å²) in [7, 11) is 0. The van der Waals surface area contributed by atoms with Crippen molar-refractivity contribution in [1.82, 2.24) is 0 Å². The van der Waals surface area contributed by atoms with Crippen LogP contribution in [0.3, 0.4) is 0 Å². The maximum atomic E-state index is 9.92. The molecule has 0 aliphatic carbocycles. The van der Waals surface area contributed by atoms with Crippen LogP contribution in [0.5, 0.6) is 0 Å². The molecule has 1 aliphatic rings. The van der Waals surface area contributed by atoms with Crippen LogP contribution in [-0.4, -0.2) is 47.1 Å². The fourth-order valence-electron chi connectivity index (χ4n) is 11.1. The molecule has 1 rings (SSSR count). The number of rotatable bonds is 65. The highest BCUT2D eigenvalue weighted by Gasteiger charge is 2.10. The first-order valence-corrected chi connectivity index (χ1v) is 39.7. The topological polar surface area (TPSA) is 104 Å². The Labute approximate surface area is 554 Å². The molecule has 0 aromatic rings. The van der Waals surface area contributed by atoms with Crippen molar-refractivity contribution in [2.45, 2.75) is 459 Å². The number of ether oxygens (including phenoxy) is 1. The lowest BCUT2D eigenvalue weighted by Gasteiger charge is -2.03. The number of allylic oxidation sites excluding steroid dienone is 2. The maximum Gasteiger partial charge on any atom is 0.338 e. The van der Waals surface area contributed by atoms with E-state index < -0.39 is 11.9 Å². The molecule has 88 heavy (non-hydrogen) atoms. The number of carbonyl (C=O) groups is 2. The fourth-order valence-corrected chi connectivity index (χ4v) is 11.1. The van der Waals surface area contributed by atoms with Gasteiger partial charge in [0.05, 0.1) is 0 Å². The number of esters is 2. The van der Waals surface area contributed by atoms with Crippen LogP contribution in [0.4, 0.5) is 0 Å². The molecule has 0 unspecified atom stereocenters. The first-order chi connectivity index (χ1) is 43.2. The molecule has 0 saturated carbocycles. The summed E-state index contributed by atoms with van der Waals surface area (Å²) in [4.78, 5) is 19.8. The highest BCUT2D eigenvalue weighted by molar-refractivity contribution is 6.04. The van der Waals surface area contributed by atoms with Crippen LogP contribution in [0.2, 0.25) is 0 Å². The Morgan fingerprint density at radius 1 is 0.284 bits per heavy atom. The zero-order valence-electron chi connectivity index (χ0n) is 61.3. The first kappa shape index (κ1) is 94.9. The van der Waals surface area contributed by atoms with Crippen LogP contribution in [0.25, 0.3) is 0 Å². The van der Waals surface area contributed by atoms with E-state index in [0.717, 1.165) is 31.4 Å². The predicted molar refractivity (Wildman–Crippen MR) is 395 cm³/mol. The molecule has 0 radical (unpaired) electrons. The van der Waals surface area contributed by atoms with E-state index in [1.165, 1.54) is 404 Å². The number of hydrogen-bond donors (Lipinski definition) is 3. The smallest absolute Gasteiger partial charge is 0.338 e. The van der Waals surface area contributed by atoms with Crippen LogP contribution in [0.1, 0.15) is 459 Å². The van der Waals surface area contributed by atoms with E-state index in [-0.39, 0.29) is 0 Å². The zero-order valence-corrected chi connectivity index (χ0v) is 61.3. The highest BCUT2D eigenvalue weighted by Crippen LogP contribution is 2.18. The Bertz CT molecular complexity index is 1190. The molecule has 1 aliphatic heterocycles. The predicted octanol–water partition coefficient (Wildman–Crippen LogP) is 27.8. The number of aliphatic hydroxyl groups is 3. The second-order valence-corrected chi connectivity index (χ2v) is 26.7. The van der Waals surface area contributed by atoms with Crippen LogP contribution >= 0.6 is 0 Å². The molecule has 0 aromatic heterocycles. The summed E-state index contributed by atoms with van der Waals surface area (Å²) >= 11 is 0. The standard InChI is InChI=1S/C22H46O.C20H42O.C18H36.C14H30O.C4H2O3.C4H8/c1-2-3-4-5-6-7-8-9-10-11-12-13-14-15-16-17-18-19-20-21-22-23;1-2-3-4-5-6-7-8-9-10-11-12-13-14-15-16-17-18-19-20-21;1-3-5-7-9-11-13-15-17-18-16-14-12-10-8-6-4-2;1-2-3-4-5-6-7-8-9-10-11-12-13-14-15;5-3-1-2-4(6)7-3;1-4(2)3/h23H,2-22H2,1H3;21H,2-20H2,1H3;3H,1,4-18H2,2H3;15H,2-14H2,1H3;1-2H;1H2,2-3H3. The number of unbranched alkanes of at least 4 members (excludes halogenated alkanes) is 61. The molecular formula is C82H164O6. The van der Waals surface area contributed by atoms with Gasteiger partial charge in [-0.15, -0.1) is 13.2 Å². The maximum absolute atomic E-state index is 9.92. The minimum atomic E-state index is -0.579. The minimum Gasteiger partial charge on any atom is -0.396 e. The number of aliphatic hydroxyl groups excluding tert-OH is 3. The molecule has 0 amide bonds. The summed E-state index contributed by atoms with van der Waals surface area (Å²) in [6, 6.07) is 0. The monoisotopic (exact) mass is 1250 g/mol. The quantitative estimate of drug-likeness (QED) is 0.0243. The molecule has 0 spiro atoms. The molecule has 6 heteroatoms. The normalized spacial score (nSPS) is 11.3. The van der Waals surface area contributed by atoms with E-state index in [1.54, 1.807) is 0 Å². The summed E-state index contributed by atoms with van der Waals surface area (Å²) < 4.78 is 3.97. The van der Waals surface area contributed by atoms with Gasteiger partial charge in [-0.2, -0.15) is 0 Å². The van der Waals surface area contributed by atoms with Crippen LogP contribution < -0.4 is 0 Å². The third kappa shape index (κ3) is 112. The number of cyclic esters (lactones) is 2. The summed E-state index contributed by atoms with van der Waals surface area (Å²) in [6.07, 6.45) is 95.1. The average molecular weight is 1250 g/mol. The Balaban J connectivity index is -0.000000330. The van der Waals surface area contributed by atoms with Crippen LogP contribution in [0, 0.1) is 0 Å². The Kier molecular flexibility index (Phi) is 104. The minimum absolute atomic E-state index is 0.372. The molecule has 0 aromatic carbocycles. The molecule has 0 atom stereocenters. The molecular weight excluding hydrogens is 1080 g/mol. The van der Waals surface area contributed by atoms with E-state index in [1.807, 2.05) is 19.9 Å². The van der Waals surface area contributed by atoms with Gasteiger partial charge < -0.3 is 20.1 Å². The van der Waals surface area contributed by atoms with Gasteiger partial charge in [-0.3, -0.25) is 0 Å². The van der Waals surface area contributed by atoms with Gasteiger partial charge in [0.25, 0.3) is 0 Å². The van der Waals surface area contributed by atoms with Crippen LogP contribution in [-0.2, 0) is 14.3 Å². The average Bonchev–Trinajstić information content (AvgIpc) is 3.93. The molecule has 528 valence electrons. The molecule has 1 heterocycles. The first-order valence-electron chi connectivity index (χ1n) is 39.7. The number of hydrogen-bond acceptors (Lipinski definition) is 6. The van der Waals surface area contributed by atoms with Crippen molar-refractivity contribution in [3.05, 3.63) is 37.0 Å². The van der Waals surface area contributed by atoms with Crippen molar-refractivity contribution < 1.29 is 29.6 Å². The van der Waals surface area contributed by atoms with Crippen LogP contribution in [0.15, 0.2) is 37.0 Å². The lowest BCUT2D eigenvalue weighted by atomic mass is 10.0. The largest absolute Gasteiger partial charge is 0.396 e. The summed E-state index contributed by atoms with van der Waals surface area (Å²) in [5, 5.41) is 26.0. The van der Waals surface area contributed by atoms with E-state index in [2.05, 4.69) is 45.6 Å². The Morgan fingerprint density at radius 3 is 0.511 bits per heavy atom. The summed E-state index contributed by atoms with van der Waals surface area (Å²) in [5.41, 5.74) is 1.17. The molecule has 0 saturated heterocycles. The number of carbonyl (C=O) groups excluding carboxylic acids is 2. The van der Waals surface area contributed by atoms with E-state index in [4.69, 9.17) is 15.3 Å². The fraction of sp³-hybridized carbons (Fsp3) is 0.902. The zero-order chi connectivity index (χ0) is 65.6. The van der Waals surface area contributed by atoms with Crippen molar-refractivity contribution in [3.63, 3.8) is 0 Å². The molecule has 0 fully saturated rings. The van der Waals surface area contributed by atoms with Gasteiger partial charge in [0.2, 0.25) is 0 Å². The summed E-state index contributed by atoms with van der Waals surface area (Å²) in [5.74, 6) is -1.16. The van der Waals surface area contributed by atoms with Gasteiger partial charge in [0, 0.05) is 32.0 Å². The summed E-state index contributed by atoms with van der Waals surface area (Å²) in [6.45, 7) is 21.5. The SMILES string of the molecule is C=C(C)C.C=CCCCCCCCCCCCCCCCC.CCCCCCCCCCCCCCCCCCCCCCO.CCCCCCCCCCCCCCCCCCCCO.CCCCCCCCCCCCCCO.O=C1C=CC(=O)O1. The second-order valence-electron chi connectivity index (χ2n) is 26.7. The van der Waals surface area contributed by atoms with Crippen molar-refractivity contribution >= 4 is 11.9 Å². The van der Waals surface area contributed by atoms with E-state index in [9.17, 15) is 9.59 Å². The third-order valence-corrected chi connectivity index (χ3v) is 16.9. The van der Waals surface area contributed by atoms with Crippen molar-refractivity contribution in [2.75, 3.05) is 19.8 Å². The van der Waals surface area contributed by atoms with Gasteiger partial charge in [0.1, 0.15) is 0 Å². The van der Waals surface area contributed by atoms with Gasteiger partial charge in [0.15, 0.2) is 0 Å². The highest BCUT2D eigenvalue weighted by atomic mass is 16.6. The van der Waals surface area contributed by atoms with Crippen molar-refractivity contribution in [2.24, 2.45) is 0 Å². The van der Waals surface area contributed by atoms with Gasteiger partial charge in [-0.25, -0.2) is 9.59 Å².